The third kappa shape index (κ3) is 3.03. The highest BCUT2D eigenvalue weighted by Crippen LogP contribution is 2.36. The van der Waals surface area contributed by atoms with Crippen LogP contribution in [0.25, 0.3) is 17.0 Å². The van der Waals surface area contributed by atoms with E-state index >= 15 is 0 Å². The van der Waals surface area contributed by atoms with Crippen LogP contribution in [-0.2, 0) is 16.0 Å². The van der Waals surface area contributed by atoms with Crippen molar-refractivity contribution in [2.75, 3.05) is 5.75 Å². The van der Waals surface area contributed by atoms with Crippen molar-refractivity contribution in [1.82, 2.24) is 19.7 Å². The highest BCUT2D eigenvalue weighted by Gasteiger charge is 2.37. The van der Waals surface area contributed by atoms with Crippen molar-refractivity contribution < 1.29 is 31.5 Å². The first-order chi connectivity index (χ1) is 12.0. The molecule has 138 valence electrons. The number of hydrogen-bond acceptors (Lipinski definition) is 5. The molecule has 3 rings (SSSR count). The molecular weight excluding hydrogens is 377 g/mol. The van der Waals surface area contributed by atoms with Crippen LogP contribution in [0.1, 0.15) is 22.8 Å². The monoisotopic (exact) mass is 388 g/mol. The molecule has 8 nitrogen and oxygen atoms in total. The molecule has 0 fully saturated rings. The van der Waals surface area contributed by atoms with Crippen molar-refractivity contribution >= 4 is 26.8 Å². The minimum atomic E-state index is -4.88. The van der Waals surface area contributed by atoms with Crippen molar-refractivity contribution in [3.05, 3.63) is 35.7 Å². The number of sulfone groups is 1. The summed E-state index contributed by atoms with van der Waals surface area (Å²) < 4.78 is 65.0. The third-order valence-electron chi connectivity index (χ3n) is 3.64. The number of alkyl halides is 3. The van der Waals surface area contributed by atoms with E-state index in [1.165, 1.54) is 6.92 Å². The number of carboxylic acid groups (broad SMARTS) is 1. The van der Waals surface area contributed by atoms with Gasteiger partial charge in [-0.05, 0) is 12.1 Å². The van der Waals surface area contributed by atoms with Crippen LogP contribution in [0.15, 0.2) is 29.4 Å². The highest BCUT2D eigenvalue weighted by atomic mass is 32.2. The Labute approximate surface area is 144 Å². The number of nitrogens with zero attached hydrogens (tertiary/aromatic N) is 3. The van der Waals surface area contributed by atoms with E-state index in [-0.39, 0.29) is 22.5 Å². The summed E-state index contributed by atoms with van der Waals surface area (Å²) in [6.07, 6.45) is -2.71. The van der Waals surface area contributed by atoms with Gasteiger partial charge < -0.3 is 10.1 Å². The van der Waals surface area contributed by atoms with E-state index in [1.54, 1.807) is 0 Å². The Morgan fingerprint density at radius 1 is 1.35 bits per heavy atom. The van der Waals surface area contributed by atoms with Crippen LogP contribution in [0.4, 0.5) is 13.2 Å². The molecule has 0 saturated heterocycles. The quantitative estimate of drug-likeness (QED) is 0.708. The Bertz CT molecular complexity index is 1120. The van der Waals surface area contributed by atoms with Gasteiger partial charge in [-0.2, -0.15) is 18.3 Å². The zero-order chi connectivity index (χ0) is 19.3. The van der Waals surface area contributed by atoms with Crippen LogP contribution in [0, 0.1) is 0 Å². The van der Waals surface area contributed by atoms with Gasteiger partial charge in [-0.25, -0.2) is 22.9 Å². The topological polar surface area (TPSA) is 118 Å². The maximum atomic E-state index is 13.3. The van der Waals surface area contributed by atoms with Crippen molar-refractivity contribution in [3.8, 4) is 5.95 Å². The van der Waals surface area contributed by atoms with Gasteiger partial charge in [0.25, 0.3) is 0 Å². The number of benzene rings is 1. The van der Waals surface area contributed by atoms with Gasteiger partial charge in [0.2, 0.25) is 5.95 Å². The van der Waals surface area contributed by atoms with Crippen molar-refractivity contribution in [1.29, 1.82) is 0 Å². The van der Waals surface area contributed by atoms with E-state index in [1.807, 2.05) is 0 Å². The van der Waals surface area contributed by atoms with E-state index in [0.717, 1.165) is 23.1 Å². The molecule has 2 heterocycles. The molecule has 0 aliphatic rings. The van der Waals surface area contributed by atoms with E-state index in [9.17, 15) is 26.4 Å². The maximum Gasteiger partial charge on any atom is 0.417 e. The van der Waals surface area contributed by atoms with Crippen LogP contribution in [0.3, 0.4) is 0 Å². The van der Waals surface area contributed by atoms with Crippen molar-refractivity contribution in [3.63, 3.8) is 0 Å². The number of halogens is 3. The second-order valence-electron chi connectivity index (χ2n) is 5.31. The fraction of sp³-hybridized carbons (Fsp3) is 0.214. The normalized spacial score (nSPS) is 12.6. The van der Waals surface area contributed by atoms with Crippen LogP contribution >= 0.6 is 0 Å². The molecule has 3 aromatic rings. The lowest BCUT2D eigenvalue weighted by Crippen LogP contribution is -2.14. The number of aromatic amines is 1. The molecule has 0 spiro atoms. The minimum Gasteiger partial charge on any atom is -0.478 e. The lowest BCUT2D eigenvalue weighted by Gasteiger charge is -2.12. The molecule has 26 heavy (non-hydrogen) atoms. The molecule has 2 aromatic heterocycles. The number of H-pyrrole nitrogens is 1. The Kier molecular flexibility index (Phi) is 4.02. The Balaban J connectivity index is 2.22. The fourth-order valence-electron chi connectivity index (χ4n) is 2.32. The van der Waals surface area contributed by atoms with Gasteiger partial charge in [0.15, 0.2) is 9.84 Å². The third-order valence-corrected chi connectivity index (χ3v) is 5.41. The zero-order valence-corrected chi connectivity index (χ0v) is 13.9. The SMILES string of the molecule is CCS(=O)(=O)c1cc2nc(-n3cc(C(=O)O)cn3)[nH]c2cc1C(F)(F)F. The van der Waals surface area contributed by atoms with Crippen molar-refractivity contribution in [2.45, 2.75) is 18.0 Å². The molecule has 0 aliphatic carbocycles. The minimum absolute atomic E-state index is 0.0209. The summed E-state index contributed by atoms with van der Waals surface area (Å²) in [4.78, 5) is 16.6. The summed E-state index contributed by atoms with van der Waals surface area (Å²) in [7, 11) is -4.14. The average molecular weight is 388 g/mol. The Morgan fingerprint density at radius 2 is 2.04 bits per heavy atom. The molecule has 2 N–H and O–H groups in total. The molecule has 0 aliphatic heterocycles. The summed E-state index contributed by atoms with van der Waals surface area (Å²) in [5, 5.41) is 12.7. The molecule has 0 radical (unpaired) electrons. The number of aromatic carboxylic acids is 1. The summed E-state index contributed by atoms with van der Waals surface area (Å²) in [5.41, 5.74) is -1.52. The Hall–Kier alpha value is -2.89. The highest BCUT2D eigenvalue weighted by molar-refractivity contribution is 7.91. The molecule has 0 bridgehead atoms. The zero-order valence-electron chi connectivity index (χ0n) is 13.1. The number of carbonyl (C=O) groups is 1. The smallest absolute Gasteiger partial charge is 0.417 e. The van der Waals surface area contributed by atoms with E-state index in [4.69, 9.17) is 5.11 Å². The molecule has 12 heteroatoms. The first-order valence-electron chi connectivity index (χ1n) is 7.15. The molecule has 0 saturated carbocycles. The second kappa shape index (κ2) is 5.83. The van der Waals surface area contributed by atoms with Gasteiger partial charge in [0.05, 0.1) is 39.0 Å². The predicted molar refractivity (Wildman–Crippen MR) is 82.9 cm³/mol. The van der Waals surface area contributed by atoms with E-state index in [0.29, 0.717) is 6.07 Å². The second-order valence-corrected chi connectivity index (χ2v) is 7.55. The van der Waals surface area contributed by atoms with Crippen molar-refractivity contribution in [2.24, 2.45) is 0 Å². The molecular formula is C14H11F3N4O4S. The Morgan fingerprint density at radius 3 is 2.58 bits per heavy atom. The number of carboxylic acids is 1. The van der Waals surface area contributed by atoms with Gasteiger partial charge >= 0.3 is 12.1 Å². The van der Waals surface area contributed by atoms with Gasteiger partial charge in [-0.15, -0.1) is 0 Å². The largest absolute Gasteiger partial charge is 0.478 e. The van der Waals surface area contributed by atoms with Gasteiger partial charge in [-0.1, -0.05) is 6.92 Å². The summed E-state index contributed by atoms with van der Waals surface area (Å²) in [6, 6.07) is 1.51. The number of rotatable bonds is 4. The lowest BCUT2D eigenvalue weighted by atomic mass is 10.2. The van der Waals surface area contributed by atoms with E-state index < -0.39 is 38.2 Å². The number of fused-ring (bicyclic) bond motifs is 1. The van der Waals surface area contributed by atoms with Gasteiger partial charge in [0.1, 0.15) is 0 Å². The number of hydrogen-bond donors (Lipinski definition) is 2. The molecule has 0 unspecified atom stereocenters. The van der Waals surface area contributed by atoms with Crippen LogP contribution in [0.2, 0.25) is 0 Å². The summed E-state index contributed by atoms with van der Waals surface area (Å²) >= 11 is 0. The standard InChI is InChI=1S/C14H11F3N4O4S/c1-2-26(24,25)11-4-10-9(3-8(11)14(15,16)17)19-13(20-10)21-6-7(5-18-21)12(22)23/h3-6H,2H2,1H3,(H,19,20)(H,22,23). The maximum absolute atomic E-state index is 13.3. The first-order valence-corrected chi connectivity index (χ1v) is 8.80. The number of nitrogens with one attached hydrogen (secondary N) is 1. The van der Waals surface area contributed by atoms with Crippen LogP contribution < -0.4 is 0 Å². The number of imidazole rings is 1. The lowest BCUT2D eigenvalue weighted by molar-refractivity contribution is -0.139. The summed E-state index contributed by atoms with van der Waals surface area (Å²) in [6.45, 7) is 1.24. The van der Waals surface area contributed by atoms with E-state index in [2.05, 4.69) is 15.1 Å². The van der Waals surface area contributed by atoms with Crippen LogP contribution in [-0.4, -0.2) is 45.0 Å². The van der Waals surface area contributed by atoms with Crippen LogP contribution in [0.5, 0.6) is 0 Å². The summed E-state index contributed by atoms with van der Waals surface area (Å²) in [5.74, 6) is -1.78. The fourth-order valence-corrected chi connectivity index (χ4v) is 3.43. The molecule has 1 aromatic carbocycles. The van der Waals surface area contributed by atoms with Gasteiger partial charge in [-0.3, -0.25) is 0 Å². The van der Waals surface area contributed by atoms with Gasteiger partial charge in [0, 0.05) is 6.20 Å². The molecule has 0 amide bonds. The predicted octanol–water partition coefficient (Wildman–Crippen LogP) is 2.26. The molecule has 0 atom stereocenters. The average Bonchev–Trinajstić information content (AvgIpc) is 3.18. The first kappa shape index (κ1) is 17.9. The number of aromatic nitrogens is 4.